The summed E-state index contributed by atoms with van der Waals surface area (Å²) in [6.07, 6.45) is 0.446. The van der Waals surface area contributed by atoms with Gasteiger partial charge in [-0.3, -0.25) is 4.79 Å². The van der Waals surface area contributed by atoms with E-state index in [1.165, 1.54) is 0 Å². The highest BCUT2D eigenvalue weighted by Gasteiger charge is 2.10. The van der Waals surface area contributed by atoms with Crippen molar-refractivity contribution in [1.82, 2.24) is 10.6 Å². The minimum absolute atomic E-state index is 0.0154. The van der Waals surface area contributed by atoms with Gasteiger partial charge < -0.3 is 15.7 Å². The largest absolute Gasteiger partial charge is 0.394 e. The van der Waals surface area contributed by atoms with Gasteiger partial charge in [-0.2, -0.15) is 0 Å². The number of hydrogen-bond donors (Lipinski definition) is 3. The van der Waals surface area contributed by atoms with E-state index in [1.807, 2.05) is 0 Å². The van der Waals surface area contributed by atoms with Crippen molar-refractivity contribution in [3.05, 3.63) is 0 Å². The Balaban J connectivity index is 3.55. The van der Waals surface area contributed by atoms with Crippen molar-refractivity contribution in [2.45, 2.75) is 45.7 Å². The van der Waals surface area contributed by atoms with Gasteiger partial charge in [-0.05, 0) is 27.7 Å². The van der Waals surface area contributed by atoms with Crippen molar-refractivity contribution < 1.29 is 9.90 Å². The maximum atomic E-state index is 11.2. The summed E-state index contributed by atoms with van der Waals surface area (Å²) in [4.78, 5) is 11.2. The van der Waals surface area contributed by atoms with Gasteiger partial charge in [0.15, 0.2) is 0 Å². The number of hydrogen-bond acceptors (Lipinski definition) is 3. The van der Waals surface area contributed by atoms with Crippen molar-refractivity contribution in [1.29, 1.82) is 0 Å². The van der Waals surface area contributed by atoms with Gasteiger partial charge in [0.2, 0.25) is 5.91 Å². The van der Waals surface area contributed by atoms with E-state index < -0.39 is 0 Å². The molecule has 0 aromatic heterocycles. The molecule has 0 rings (SSSR count). The fraction of sp³-hybridized carbons (Fsp3) is 0.900. The third kappa shape index (κ3) is 8.01. The molecule has 0 aliphatic rings. The summed E-state index contributed by atoms with van der Waals surface area (Å²) in [6, 6.07) is -0.155. The lowest BCUT2D eigenvalue weighted by atomic mass is 10.1. The van der Waals surface area contributed by atoms with E-state index in [1.54, 1.807) is 6.92 Å². The normalized spacial score (nSPS) is 13.8. The third-order valence-corrected chi connectivity index (χ3v) is 1.69. The Hall–Kier alpha value is -0.610. The van der Waals surface area contributed by atoms with Crippen LogP contribution in [0.15, 0.2) is 0 Å². The molecule has 14 heavy (non-hydrogen) atoms. The quantitative estimate of drug-likeness (QED) is 0.599. The number of aliphatic hydroxyl groups is 1. The van der Waals surface area contributed by atoms with Gasteiger partial charge in [-0.15, -0.1) is 0 Å². The highest BCUT2D eigenvalue weighted by Crippen LogP contribution is 1.97. The van der Waals surface area contributed by atoms with E-state index in [0.717, 1.165) is 0 Å². The molecule has 0 aliphatic heterocycles. The van der Waals surface area contributed by atoms with E-state index in [2.05, 4.69) is 31.4 Å². The van der Waals surface area contributed by atoms with E-state index in [4.69, 9.17) is 5.11 Å². The number of rotatable bonds is 5. The molecule has 0 bridgehead atoms. The van der Waals surface area contributed by atoms with Crippen LogP contribution in [0.2, 0.25) is 0 Å². The number of carbonyl (C=O) groups excluding carboxylic acids is 1. The van der Waals surface area contributed by atoms with Gasteiger partial charge >= 0.3 is 0 Å². The van der Waals surface area contributed by atoms with Crippen LogP contribution in [-0.2, 0) is 4.79 Å². The van der Waals surface area contributed by atoms with E-state index >= 15 is 0 Å². The Labute approximate surface area is 86.1 Å². The molecule has 4 heteroatoms. The summed E-state index contributed by atoms with van der Waals surface area (Å²) in [6.45, 7) is 8.59. The van der Waals surface area contributed by atoms with Gasteiger partial charge in [-0.1, -0.05) is 0 Å². The Morgan fingerprint density at radius 2 is 2.00 bits per heavy atom. The van der Waals surface area contributed by atoms with Gasteiger partial charge in [0.25, 0.3) is 0 Å². The van der Waals surface area contributed by atoms with E-state index in [-0.39, 0.29) is 24.1 Å². The number of nitrogens with one attached hydrogen (secondary N) is 2. The predicted octanol–water partition coefficient (Wildman–Crippen LogP) is 0.262. The van der Waals surface area contributed by atoms with Crippen LogP contribution in [0.3, 0.4) is 0 Å². The Kier molecular flexibility index (Phi) is 5.72. The highest BCUT2D eigenvalue weighted by atomic mass is 16.3. The lowest BCUT2D eigenvalue weighted by molar-refractivity contribution is -0.121. The second kappa shape index (κ2) is 5.98. The topological polar surface area (TPSA) is 61.4 Å². The molecule has 4 nitrogen and oxygen atoms in total. The molecule has 1 amide bonds. The first-order valence-corrected chi connectivity index (χ1v) is 5.00. The van der Waals surface area contributed by atoms with E-state index in [0.29, 0.717) is 13.0 Å². The maximum Gasteiger partial charge on any atom is 0.221 e. The van der Waals surface area contributed by atoms with E-state index in [9.17, 15) is 4.79 Å². The van der Waals surface area contributed by atoms with Crippen LogP contribution >= 0.6 is 0 Å². The second-order valence-corrected chi connectivity index (χ2v) is 4.58. The first-order valence-electron chi connectivity index (χ1n) is 5.00. The Morgan fingerprint density at radius 1 is 1.43 bits per heavy atom. The van der Waals surface area contributed by atoms with Crippen molar-refractivity contribution in [3.8, 4) is 0 Å². The maximum absolute atomic E-state index is 11.2. The van der Waals surface area contributed by atoms with Crippen molar-refractivity contribution >= 4 is 5.91 Å². The third-order valence-electron chi connectivity index (χ3n) is 1.69. The minimum Gasteiger partial charge on any atom is -0.394 e. The molecular formula is C10H22N2O2. The lowest BCUT2D eigenvalue weighted by Crippen LogP contribution is -2.40. The molecule has 3 N–H and O–H groups in total. The lowest BCUT2D eigenvalue weighted by Gasteiger charge is -2.20. The molecule has 0 aromatic carbocycles. The van der Waals surface area contributed by atoms with Gasteiger partial charge in [-0.25, -0.2) is 0 Å². The number of carbonyl (C=O) groups is 1. The molecule has 0 aliphatic carbocycles. The standard InChI is InChI=1S/C10H22N2O2/c1-8(7-13)12-9(14)5-6-11-10(2,3)4/h8,11,13H,5-7H2,1-4H3,(H,12,14). The minimum atomic E-state index is -0.155. The molecule has 84 valence electrons. The van der Waals surface area contributed by atoms with Gasteiger partial charge in [0.05, 0.1) is 6.61 Å². The SMILES string of the molecule is CC(CO)NC(=O)CCNC(C)(C)C. The molecule has 1 unspecified atom stereocenters. The fourth-order valence-corrected chi connectivity index (χ4v) is 0.944. The number of amides is 1. The highest BCUT2D eigenvalue weighted by molar-refractivity contribution is 5.76. The molecule has 0 spiro atoms. The summed E-state index contributed by atoms with van der Waals surface area (Å²) in [7, 11) is 0. The summed E-state index contributed by atoms with van der Waals surface area (Å²) in [5, 5.41) is 14.6. The smallest absolute Gasteiger partial charge is 0.221 e. The van der Waals surface area contributed by atoms with Crippen LogP contribution in [0.5, 0.6) is 0 Å². The fourth-order valence-electron chi connectivity index (χ4n) is 0.944. The first-order chi connectivity index (χ1) is 6.35. The summed E-state index contributed by atoms with van der Waals surface area (Å²) >= 11 is 0. The van der Waals surface area contributed by atoms with Crippen LogP contribution in [0, 0.1) is 0 Å². The second-order valence-electron chi connectivity index (χ2n) is 4.58. The summed E-state index contributed by atoms with van der Waals surface area (Å²) in [5.74, 6) is -0.0247. The first kappa shape index (κ1) is 13.4. The van der Waals surface area contributed by atoms with Crippen molar-refractivity contribution in [2.24, 2.45) is 0 Å². The van der Waals surface area contributed by atoms with Crippen LogP contribution in [0.25, 0.3) is 0 Å². The molecule has 0 heterocycles. The Morgan fingerprint density at radius 3 is 2.43 bits per heavy atom. The molecule has 0 aromatic rings. The van der Waals surface area contributed by atoms with Crippen molar-refractivity contribution in [2.75, 3.05) is 13.2 Å². The summed E-state index contributed by atoms with van der Waals surface area (Å²) < 4.78 is 0. The zero-order valence-corrected chi connectivity index (χ0v) is 9.55. The van der Waals surface area contributed by atoms with Crippen LogP contribution < -0.4 is 10.6 Å². The van der Waals surface area contributed by atoms with Gasteiger partial charge in [0, 0.05) is 24.5 Å². The predicted molar refractivity (Wildman–Crippen MR) is 57.1 cm³/mol. The van der Waals surface area contributed by atoms with Crippen molar-refractivity contribution in [3.63, 3.8) is 0 Å². The van der Waals surface area contributed by atoms with Gasteiger partial charge in [0.1, 0.15) is 0 Å². The zero-order valence-electron chi connectivity index (χ0n) is 9.55. The average Bonchev–Trinajstić information content (AvgIpc) is 2.01. The molecule has 0 saturated carbocycles. The average molecular weight is 202 g/mol. The monoisotopic (exact) mass is 202 g/mol. The van der Waals surface area contributed by atoms with Crippen LogP contribution in [-0.4, -0.2) is 35.7 Å². The molecule has 0 fully saturated rings. The van der Waals surface area contributed by atoms with Crippen LogP contribution in [0.1, 0.15) is 34.1 Å². The Bertz CT molecular complexity index is 175. The molecule has 0 radical (unpaired) electrons. The van der Waals surface area contributed by atoms with Crippen LogP contribution in [0.4, 0.5) is 0 Å². The molecule has 1 atom stereocenters. The molecule has 0 saturated heterocycles. The summed E-state index contributed by atoms with van der Waals surface area (Å²) in [5.41, 5.74) is 0.0445. The molecular weight excluding hydrogens is 180 g/mol. The zero-order chi connectivity index (χ0) is 11.2. The number of aliphatic hydroxyl groups excluding tert-OH is 1.